The average Bonchev–Trinajstić information content (AvgIpc) is 1.95. The Balaban J connectivity index is 4.68. The maximum atomic E-state index is 11.2. The summed E-state index contributed by atoms with van der Waals surface area (Å²) in [6.45, 7) is 12.7. The van der Waals surface area contributed by atoms with E-state index < -0.39 is 0 Å². The molecule has 0 radical (unpaired) electrons. The molecular formula is C11H23NO2. The molecule has 84 valence electrons. The number of hydrogen-bond donors (Lipinski definition) is 1. The molecule has 0 aliphatic rings. The molecule has 0 spiro atoms. The molecule has 0 unspecified atom stereocenters. The lowest BCUT2D eigenvalue weighted by Gasteiger charge is -2.40. The van der Waals surface area contributed by atoms with Gasteiger partial charge in [-0.25, -0.2) is 4.79 Å². The zero-order chi connectivity index (χ0) is 11.6. The third kappa shape index (κ3) is 3.99. The van der Waals surface area contributed by atoms with Crippen molar-refractivity contribution in [2.75, 3.05) is 7.11 Å². The Bertz CT molecular complexity index is 184. The Hall–Kier alpha value is -0.730. The number of alkyl carbamates (subject to hydrolysis) is 1. The molecule has 1 N–H and O–H groups in total. The van der Waals surface area contributed by atoms with Crippen molar-refractivity contribution < 1.29 is 9.53 Å². The molecule has 0 saturated heterocycles. The van der Waals surface area contributed by atoms with Crippen LogP contribution in [0, 0.1) is 10.8 Å². The van der Waals surface area contributed by atoms with Gasteiger partial charge >= 0.3 is 6.09 Å². The van der Waals surface area contributed by atoms with Crippen LogP contribution in [0.5, 0.6) is 0 Å². The summed E-state index contributed by atoms with van der Waals surface area (Å²) in [5.41, 5.74) is 0.0406. The standard InChI is InChI=1S/C11H23NO2/c1-10(2,3)8(11(4,5)6)12-9(13)14-7/h8H,1-7H3,(H,12,13). The lowest BCUT2D eigenvalue weighted by molar-refractivity contribution is 0.113. The first kappa shape index (κ1) is 13.3. The van der Waals surface area contributed by atoms with Crippen LogP contribution in [0.25, 0.3) is 0 Å². The van der Waals surface area contributed by atoms with E-state index in [-0.39, 0.29) is 23.0 Å². The molecule has 0 aromatic heterocycles. The fourth-order valence-corrected chi connectivity index (χ4v) is 1.91. The molecule has 0 aromatic carbocycles. The first-order valence-corrected chi connectivity index (χ1v) is 4.93. The van der Waals surface area contributed by atoms with Gasteiger partial charge in [-0.3, -0.25) is 0 Å². The highest BCUT2D eigenvalue weighted by Gasteiger charge is 2.36. The Morgan fingerprint density at radius 2 is 1.43 bits per heavy atom. The molecule has 14 heavy (non-hydrogen) atoms. The molecule has 1 amide bonds. The Kier molecular flexibility index (Phi) is 3.98. The van der Waals surface area contributed by atoms with Crippen molar-refractivity contribution in [2.24, 2.45) is 10.8 Å². The summed E-state index contributed by atoms with van der Waals surface area (Å²) in [5, 5.41) is 2.89. The number of rotatable bonds is 1. The monoisotopic (exact) mass is 201 g/mol. The van der Waals surface area contributed by atoms with Gasteiger partial charge in [0.15, 0.2) is 0 Å². The first-order chi connectivity index (χ1) is 6.09. The molecule has 3 heteroatoms. The summed E-state index contributed by atoms with van der Waals surface area (Å²) in [4.78, 5) is 11.2. The molecular weight excluding hydrogens is 178 g/mol. The second-order valence-corrected chi connectivity index (χ2v) is 5.80. The molecule has 0 bridgehead atoms. The van der Waals surface area contributed by atoms with Crippen LogP contribution in [0.1, 0.15) is 41.5 Å². The van der Waals surface area contributed by atoms with Crippen molar-refractivity contribution in [1.29, 1.82) is 0 Å². The first-order valence-electron chi connectivity index (χ1n) is 4.93. The number of ether oxygens (including phenoxy) is 1. The van der Waals surface area contributed by atoms with E-state index in [4.69, 9.17) is 0 Å². The third-order valence-corrected chi connectivity index (χ3v) is 2.18. The third-order valence-electron chi connectivity index (χ3n) is 2.18. The molecule has 3 nitrogen and oxygen atoms in total. The van der Waals surface area contributed by atoms with E-state index in [1.54, 1.807) is 0 Å². The van der Waals surface area contributed by atoms with Crippen LogP contribution in [0.2, 0.25) is 0 Å². The van der Waals surface area contributed by atoms with Gasteiger partial charge in [-0.2, -0.15) is 0 Å². The minimum Gasteiger partial charge on any atom is -0.453 e. The maximum absolute atomic E-state index is 11.2. The SMILES string of the molecule is COC(=O)NC(C(C)(C)C)C(C)(C)C. The predicted octanol–water partition coefficient (Wildman–Crippen LogP) is 2.80. The smallest absolute Gasteiger partial charge is 0.407 e. The van der Waals surface area contributed by atoms with E-state index in [1.165, 1.54) is 7.11 Å². The van der Waals surface area contributed by atoms with E-state index in [2.05, 4.69) is 51.6 Å². The summed E-state index contributed by atoms with van der Waals surface area (Å²) >= 11 is 0. The number of amides is 1. The molecule has 0 heterocycles. The summed E-state index contributed by atoms with van der Waals surface area (Å²) in [6.07, 6.45) is -0.361. The summed E-state index contributed by atoms with van der Waals surface area (Å²) in [6, 6.07) is 0.0856. The molecule has 0 rings (SSSR count). The van der Waals surface area contributed by atoms with Crippen LogP contribution in [0.4, 0.5) is 4.79 Å². The normalized spacial score (nSPS) is 12.9. The summed E-state index contributed by atoms with van der Waals surface area (Å²) in [7, 11) is 1.39. The number of methoxy groups -OCH3 is 1. The van der Waals surface area contributed by atoms with E-state index in [0.717, 1.165) is 0 Å². The zero-order valence-corrected chi connectivity index (χ0v) is 10.4. The Morgan fingerprint density at radius 3 is 1.64 bits per heavy atom. The fourth-order valence-electron chi connectivity index (χ4n) is 1.91. The van der Waals surface area contributed by atoms with Crippen LogP contribution in [-0.4, -0.2) is 19.2 Å². The highest BCUT2D eigenvalue weighted by Crippen LogP contribution is 2.33. The summed E-state index contributed by atoms with van der Waals surface area (Å²) < 4.78 is 4.62. The van der Waals surface area contributed by atoms with Gasteiger partial charge < -0.3 is 10.1 Å². The fraction of sp³-hybridized carbons (Fsp3) is 0.909. The van der Waals surface area contributed by atoms with Gasteiger partial charge in [-0.05, 0) is 10.8 Å². The van der Waals surface area contributed by atoms with Crippen molar-refractivity contribution in [3.63, 3.8) is 0 Å². The van der Waals surface area contributed by atoms with Gasteiger partial charge in [0, 0.05) is 6.04 Å². The van der Waals surface area contributed by atoms with Crippen molar-refractivity contribution in [3.8, 4) is 0 Å². The topological polar surface area (TPSA) is 38.3 Å². The van der Waals surface area contributed by atoms with Gasteiger partial charge in [0.1, 0.15) is 0 Å². The molecule has 0 saturated carbocycles. The largest absolute Gasteiger partial charge is 0.453 e. The van der Waals surface area contributed by atoms with Crippen LogP contribution < -0.4 is 5.32 Å². The van der Waals surface area contributed by atoms with E-state index in [0.29, 0.717) is 0 Å². The van der Waals surface area contributed by atoms with Crippen molar-refractivity contribution in [2.45, 2.75) is 47.6 Å². The quantitative estimate of drug-likeness (QED) is 0.708. The van der Waals surface area contributed by atoms with E-state index in [9.17, 15) is 4.79 Å². The second kappa shape index (κ2) is 4.20. The highest BCUT2D eigenvalue weighted by molar-refractivity contribution is 5.67. The highest BCUT2D eigenvalue weighted by atomic mass is 16.5. The maximum Gasteiger partial charge on any atom is 0.407 e. The van der Waals surface area contributed by atoms with Gasteiger partial charge in [-0.1, -0.05) is 41.5 Å². The number of hydrogen-bond acceptors (Lipinski definition) is 2. The number of carbonyl (C=O) groups excluding carboxylic acids is 1. The van der Waals surface area contributed by atoms with Crippen molar-refractivity contribution >= 4 is 6.09 Å². The van der Waals surface area contributed by atoms with E-state index in [1.807, 2.05) is 0 Å². The van der Waals surface area contributed by atoms with Crippen molar-refractivity contribution in [1.82, 2.24) is 5.32 Å². The van der Waals surface area contributed by atoms with E-state index >= 15 is 0 Å². The molecule has 0 atom stereocenters. The molecule has 0 fully saturated rings. The predicted molar refractivity (Wildman–Crippen MR) is 58.2 cm³/mol. The van der Waals surface area contributed by atoms with Gasteiger partial charge in [0.25, 0.3) is 0 Å². The second-order valence-electron chi connectivity index (χ2n) is 5.80. The zero-order valence-electron chi connectivity index (χ0n) is 10.4. The molecule has 0 aromatic rings. The Morgan fingerprint density at radius 1 is 1.07 bits per heavy atom. The number of nitrogens with one attached hydrogen (secondary N) is 1. The van der Waals surface area contributed by atoms with Crippen LogP contribution in [-0.2, 0) is 4.74 Å². The molecule has 0 aliphatic heterocycles. The van der Waals surface area contributed by atoms with Gasteiger partial charge in [0.05, 0.1) is 7.11 Å². The number of carbonyl (C=O) groups is 1. The Labute approximate surface area is 87.2 Å². The summed E-state index contributed by atoms with van der Waals surface area (Å²) in [5.74, 6) is 0. The lowest BCUT2D eigenvalue weighted by Crippen LogP contribution is -2.51. The van der Waals surface area contributed by atoms with Crippen LogP contribution in [0.3, 0.4) is 0 Å². The van der Waals surface area contributed by atoms with Gasteiger partial charge in [-0.15, -0.1) is 0 Å². The van der Waals surface area contributed by atoms with Crippen molar-refractivity contribution in [3.05, 3.63) is 0 Å². The van der Waals surface area contributed by atoms with Gasteiger partial charge in [0.2, 0.25) is 0 Å². The van der Waals surface area contributed by atoms with Crippen LogP contribution in [0.15, 0.2) is 0 Å². The van der Waals surface area contributed by atoms with Crippen LogP contribution >= 0.6 is 0 Å². The molecule has 0 aliphatic carbocycles. The lowest BCUT2D eigenvalue weighted by atomic mass is 9.72. The minimum atomic E-state index is -0.361. The minimum absolute atomic E-state index is 0.0203. The average molecular weight is 201 g/mol.